The molecule has 66 heavy (non-hydrogen) atoms. The van der Waals surface area contributed by atoms with Crippen LogP contribution in [0.5, 0.6) is 0 Å². The van der Waals surface area contributed by atoms with E-state index in [1.54, 1.807) is 0 Å². The van der Waals surface area contributed by atoms with Crippen LogP contribution >= 0.6 is 0 Å². The van der Waals surface area contributed by atoms with Gasteiger partial charge in [-0.25, -0.2) is 9.59 Å². The summed E-state index contributed by atoms with van der Waals surface area (Å²) in [5.74, 6) is -1.22. The first kappa shape index (κ1) is 42.5. The van der Waals surface area contributed by atoms with E-state index in [0.717, 1.165) is 93.5 Å². The highest BCUT2D eigenvalue weighted by Crippen LogP contribution is 2.49. The van der Waals surface area contributed by atoms with Crippen molar-refractivity contribution in [1.29, 1.82) is 0 Å². The van der Waals surface area contributed by atoms with Crippen LogP contribution in [0, 0.1) is 0 Å². The molecule has 2 aliphatic carbocycles. The van der Waals surface area contributed by atoms with E-state index in [9.17, 15) is 9.59 Å². The molecule has 10 nitrogen and oxygen atoms in total. The number of nitrogens with zero attached hydrogens (tertiary/aromatic N) is 2. The van der Waals surface area contributed by atoms with Gasteiger partial charge in [0.2, 0.25) is 0 Å². The van der Waals surface area contributed by atoms with Crippen molar-refractivity contribution in [2.24, 2.45) is 0 Å². The minimum absolute atomic E-state index is 0.101. The summed E-state index contributed by atoms with van der Waals surface area (Å²) in [6.45, 7) is 5.09. The Balaban J connectivity index is 0.855. The van der Waals surface area contributed by atoms with Crippen molar-refractivity contribution in [2.75, 3.05) is 63.4 Å². The maximum Gasteiger partial charge on any atom is 0.331 e. The maximum absolute atomic E-state index is 13.4. The quantitative estimate of drug-likeness (QED) is 0.0556. The highest BCUT2D eigenvalue weighted by atomic mass is 16.5. The highest BCUT2D eigenvalue weighted by Gasteiger charge is 2.46. The Morgan fingerprint density at radius 3 is 1.33 bits per heavy atom. The summed E-state index contributed by atoms with van der Waals surface area (Å²) in [4.78, 5) is 31.6. The largest absolute Gasteiger partial charge is 0.462 e. The average molecular weight is 875 g/mol. The van der Waals surface area contributed by atoms with Gasteiger partial charge in [-0.15, -0.1) is 0 Å². The zero-order chi connectivity index (χ0) is 44.8. The van der Waals surface area contributed by atoms with E-state index < -0.39 is 23.0 Å². The number of carbonyl (C=O) groups is 2. The van der Waals surface area contributed by atoms with Crippen LogP contribution in [0.25, 0.3) is 34.4 Å². The van der Waals surface area contributed by atoms with Gasteiger partial charge >= 0.3 is 11.9 Å². The Bertz CT molecular complexity index is 2610. The van der Waals surface area contributed by atoms with E-state index in [-0.39, 0.29) is 13.2 Å². The van der Waals surface area contributed by atoms with Crippen molar-refractivity contribution in [1.82, 2.24) is 20.4 Å². The average Bonchev–Trinajstić information content (AvgIpc) is 4.20. The molecule has 10 rings (SSSR count). The number of rotatable bonds is 16. The fourth-order valence-electron chi connectivity index (χ4n) is 10.1. The molecule has 2 heterocycles. The van der Waals surface area contributed by atoms with Gasteiger partial charge in [0.1, 0.15) is 11.1 Å². The number of esters is 2. The third-order valence-electron chi connectivity index (χ3n) is 13.2. The second-order valence-corrected chi connectivity index (χ2v) is 17.1. The Labute approximate surface area is 386 Å². The van der Waals surface area contributed by atoms with Crippen molar-refractivity contribution in [3.8, 4) is 22.3 Å². The van der Waals surface area contributed by atoms with Crippen molar-refractivity contribution in [2.45, 2.75) is 23.9 Å². The van der Waals surface area contributed by atoms with E-state index in [2.05, 4.69) is 152 Å². The predicted octanol–water partition coefficient (Wildman–Crippen LogP) is 9.19. The molecule has 0 aromatic heterocycles. The number of nitrogens with one attached hydrogen (secondary N) is 4. The van der Waals surface area contributed by atoms with Crippen LogP contribution in [0.3, 0.4) is 0 Å². The summed E-state index contributed by atoms with van der Waals surface area (Å²) >= 11 is 0. The SMILES string of the molecule is O=C(/C=C/C(=O)OCCC1(Nc2ccccc2-c2ccccc2)C(N2CCNC2)=Cc2ccccc21)OCCC1(Nc2ccccc2-c2ccccc2)C(N2CCNC2)=Cc2ccccc21. The molecule has 2 fully saturated rings. The molecule has 0 amide bonds. The Kier molecular flexibility index (Phi) is 12.2. The molecule has 4 aliphatic rings. The van der Waals surface area contributed by atoms with E-state index in [0.29, 0.717) is 26.2 Å². The summed E-state index contributed by atoms with van der Waals surface area (Å²) < 4.78 is 11.8. The van der Waals surface area contributed by atoms with Gasteiger partial charge in [-0.2, -0.15) is 0 Å². The van der Waals surface area contributed by atoms with E-state index in [1.807, 2.05) is 48.5 Å². The lowest BCUT2D eigenvalue weighted by Crippen LogP contribution is -2.43. The standard InChI is InChI=1S/C56H54N6O4/c63-53(65-35-29-55(59-49-25-13-9-21-45(49)41-15-3-1-4-16-41)47-23-11-7-19-43(47)37-51(55)61-33-31-57-39-61)27-28-54(64)66-36-30-56(60-50-26-14-10-22-46(50)42-17-5-2-6-18-42)48-24-12-8-20-44(48)38-52(56)62-34-32-58-40-62/h1-28,37-38,57-60H,29-36,39-40H2/b28-27+. The van der Waals surface area contributed by atoms with Crippen molar-refractivity contribution in [3.05, 3.63) is 204 Å². The van der Waals surface area contributed by atoms with Gasteiger partial charge in [-0.1, -0.05) is 146 Å². The molecular formula is C56H54N6O4. The molecule has 0 bridgehead atoms. The van der Waals surface area contributed by atoms with Gasteiger partial charge in [0.15, 0.2) is 0 Å². The van der Waals surface area contributed by atoms with Gasteiger partial charge < -0.3 is 29.9 Å². The lowest BCUT2D eigenvalue weighted by atomic mass is 9.85. The third-order valence-corrected chi connectivity index (χ3v) is 13.2. The summed E-state index contributed by atoms with van der Waals surface area (Å²) in [6, 6.07) is 54.2. The number of benzene rings is 6. The first-order chi connectivity index (χ1) is 32.5. The molecule has 10 heteroatoms. The van der Waals surface area contributed by atoms with Crippen LogP contribution in [-0.4, -0.2) is 74.5 Å². The molecule has 4 N–H and O–H groups in total. The minimum Gasteiger partial charge on any atom is -0.462 e. The molecule has 0 spiro atoms. The number of anilines is 2. The summed E-state index contributed by atoms with van der Waals surface area (Å²) in [7, 11) is 0. The molecule has 0 saturated carbocycles. The van der Waals surface area contributed by atoms with Crippen molar-refractivity contribution >= 4 is 35.5 Å². The lowest BCUT2D eigenvalue weighted by Gasteiger charge is -2.40. The van der Waals surface area contributed by atoms with Gasteiger partial charge in [0.05, 0.1) is 26.6 Å². The van der Waals surface area contributed by atoms with Gasteiger partial charge in [0.25, 0.3) is 0 Å². The highest BCUT2D eigenvalue weighted by molar-refractivity contribution is 5.92. The third kappa shape index (κ3) is 8.49. The molecule has 6 aromatic carbocycles. The lowest BCUT2D eigenvalue weighted by molar-refractivity contribution is -0.140. The zero-order valence-corrected chi connectivity index (χ0v) is 36.9. The Morgan fingerprint density at radius 2 is 0.909 bits per heavy atom. The molecule has 332 valence electrons. The summed E-state index contributed by atoms with van der Waals surface area (Å²) in [6.07, 6.45) is 7.76. The molecule has 2 atom stereocenters. The molecule has 6 aromatic rings. The number of para-hydroxylation sites is 2. The number of ether oxygens (including phenoxy) is 2. The number of carbonyl (C=O) groups excluding carboxylic acids is 2. The van der Waals surface area contributed by atoms with Crippen molar-refractivity contribution < 1.29 is 19.1 Å². The molecule has 2 unspecified atom stereocenters. The zero-order valence-electron chi connectivity index (χ0n) is 36.9. The Morgan fingerprint density at radius 1 is 0.515 bits per heavy atom. The van der Waals surface area contributed by atoms with Crippen LogP contribution in [0.2, 0.25) is 0 Å². The first-order valence-electron chi connectivity index (χ1n) is 22.9. The van der Waals surface area contributed by atoms with Gasteiger partial charge in [0, 0.05) is 85.1 Å². The normalized spacial score (nSPS) is 19.6. The van der Waals surface area contributed by atoms with Crippen LogP contribution < -0.4 is 21.3 Å². The summed E-state index contributed by atoms with van der Waals surface area (Å²) in [5, 5.41) is 15.0. The molecular weight excluding hydrogens is 821 g/mol. The number of hydrogen-bond acceptors (Lipinski definition) is 10. The first-order valence-corrected chi connectivity index (χ1v) is 22.9. The molecule has 2 aliphatic heterocycles. The van der Waals surface area contributed by atoms with E-state index >= 15 is 0 Å². The smallest absolute Gasteiger partial charge is 0.331 e. The number of fused-ring (bicyclic) bond motifs is 2. The second kappa shape index (κ2) is 19.0. The Hall–Kier alpha value is -7.40. The predicted molar refractivity (Wildman–Crippen MR) is 263 cm³/mol. The summed E-state index contributed by atoms with van der Waals surface area (Å²) in [5.41, 5.74) is 11.6. The van der Waals surface area contributed by atoms with Crippen LogP contribution in [0.15, 0.2) is 181 Å². The van der Waals surface area contributed by atoms with Crippen LogP contribution in [0.4, 0.5) is 11.4 Å². The minimum atomic E-state index is -0.709. The van der Waals surface area contributed by atoms with Gasteiger partial charge in [-0.3, -0.25) is 10.6 Å². The molecule has 0 radical (unpaired) electrons. The van der Waals surface area contributed by atoms with Crippen LogP contribution in [0.1, 0.15) is 35.1 Å². The topological polar surface area (TPSA) is 107 Å². The monoisotopic (exact) mass is 874 g/mol. The fourth-order valence-corrected chi connectivity index (χ4v) is 10.1. The van der Waals surface area contributed by atoms with Gasteiger partial charge in [-0.05, 0) is 57.7 Å². The second-order valence-electron chi connectivity index (χ2n) is 17.1. The molecule has 2 saturated heterocycles. The van der Waals surface area contributed by atoms with Crippen LogP contribution in [-0.2, 0) is 30.1 Å². The number of hydrogen-bond donors (Lipinski definition) is 4. The van der Waals surface area contributed by atoms with Crippen molar-refractivity contribution in [3.63, 3.8) is 0 Å². The fraction of sp³-hybridized carbons (Fsp3) is 0.214. The van der Waals surface area contributed by atoms with E-state index in [1.165, 1.54) is 12.2 Å². The van der Waals surface area contributed by atoms with E-state index in [4.69, 9.17) is 9.47 Å². The maximum atomic E-state index is 13.4.